The van der Waals surface area contributed by atoms with Crippen LogP contribution in [0.5, 0.6) is 0 Å². The zero-order chi connectivity index (χ0) is 12.1. The molecule has 0 aliphatic rings. The fourth-order valence-electron chi connectivity index (χ4n) is 1.13. The third kappa shape index (κ3) is 2.84. The maximum Gasteiger partial charge on any atom is 0.292 e. The molecule has 0 saturated carbocycles. The number of halogens is 2. The molecule has 0 spiro atoms. The fraction of sp³-hybridized carbons (Fsp3) is 0.0909. The van der Waals surface area contributed by atoms with Gasteiger partial charge in [0.1, 0.15) is 5.15 Å². The van der Waals surface area contributed by atoms with Gasteiger partial charge in [-0.15, -0.1) is 0 Å². The van der Waals surface area contributed by atoms with Gasteiger partial charge in [0.25, 0.3) is 5.56 Å². The molecule has 0 aliphatic carbocycles. The Morgan fingerprint density at radius 2 is 2.25 bits per heavy atom. The first-order valence-corrected chi connectivity index (χ1v) is 5.26. The highest BCUT2D eigenvalue weighted by Gasteiger charge is 2.06. The molecular formula is C11H10Cl2N2O. The number of nitrogens with zero attached hydrogens (tertiary/aromatic N) is 2. The van der Waals surface area contributed by atoms with Crippen LogP contribution in [0.3, 0.4) is 0 Å². The Bertz CT molecular complexity index is 515. The minimum absolute atomic E-state index is 0.157. The van der Waals surface area contributed by atoms with E-state index < -0.39 is 5.56 Å². The van der Waals surface area contributed by atoms with Gasteiger partial charge in [-0.25, -0.2) is 4.98 Å². The SMILES string of the molecule is C=C/C=C(\C=C/C)n1cc(Cl)nc(Cl)c1=O. The van der Waals surface area contributed by atoms with E-state index >= 15 is 0 Å². The molecule has 1 aromatic rings. The van der Waals surface area contributed by atoms with Crippen molar-refractivity contribution in [2.45, 2.75) is 6.92 Å². The first-order chi connectivity index (χ1) is 7.60. The molecule has 0 aromatic carbocycles. The van der Waals surface area contributed by atoms with Crippen LogP contribution in [0, 0.1) is 0 Å². The molecule has 0 saturated heterocycles. The van der Waals surface area contributed by atoms with Crippen LogP contribution < -0.4 is 5.56 Å². The molecule has 16 heavy (non-hydrogen) atoms. The fourth-order valence-corrected chi connectivity index (χ4v) is 1.54. The van der Waals surface area contributed by atoms with E-state index in [0.29, 0.717) is 5.70 Å². The first-order valence-electron chi connectivity index (χ1n) is 4.50. The van der Waals surface area contributed by atoms with E-state index in [9.17, 15) is 4.79 Å². The van der Waals surface area contributed by atoms with Crippen LogP contribution in [0.25, 0.3) is 5.70 Å². The van der Waals surface area contributed by atoms with Crippen molar-refractivity contribution in [2.75, 3.05) is 0 Å². The smallest absolute Gasteiger partial charge is 0.279 e. The summed E-state index contributed by atoms with van der Waals surface area (Å²) in [5.41, 5.74) is 0.200. The molecule has 0 N–H and O–H groups in total. The molecule has 0 fully saturated rings. The number of hydrogen-bond acceptors (Lipinski definition) is 2. The average Bonchev–Trinajstić information content (AvgIpc) is 2.23. The van der Waals surface area contributed by atoms with Crippen molar-refractivity contribution in [3.05, 3.63) is 57.7 Å². The zero-order valence-electron chi connectivity index (χ0n) is 8.65. The van der Waals surface area contributed by atoms with Crippen LogP contribution in [0.15, 0.2) is 41.9 Å². The molecule has 0 aliphatic heterocycles. The van der Waals surface area contributed by atoms with Gasteiger partial charge in [0, 0.05) is 5.70 Å². The molecule has 1 aromatic heterocycles. The van der Waals surface area contributed by atoms with E-state index in [-0.39, 0.29) is 10.3 Å². The van der Waals surface area contributed by atoms with Gasteiger partial charge in [0.05, 0.1) is 6.20 Å². The summed E-state index contributed by atoms with van der Waals surface area (Å²) in [4.78, 5) is 15.4. The lowest BCUT2D eigenvalue weighted by Crippen LogP contribution is -2.19. The van der Waals surface area contributed by atoms with Crippen LogP contribution in [0.4, 0.5) is 0 Å². The van der Waals surface area contributed by atoms with Crippen molar-refractivity contribution in [3.8, 4) is 0 Å². The second kappa shape index (κ2) is 5.68. The molecule has 1 rings (SSSR count). The van der Waals surface area contributed by atoms with Gasteiger partial charge in [-0.05, 0) is 19.1 Å². The maximum absolute atomic E-state index is 11.7. The number of allylic oxidation sites excluding steroid dienone is 5. The van der Waals surface area contributed by atoms with E-state index in [1.165, 1.54) is 10.8 Å². The Morgan fingerprint density at radius 1 is 1.56 bits per heavy atom. The summed E-state index contributed by atoms with van der Waals surface area (Å²) in [5.74, 6) is 0. The molecule has 84 valence electrons. The van der Waals surface area contributed by atoms with E-state index in [0.717, 1.165) is 0 Å². The summed E-state index contributed by atoms with van der Waals surface area (Å²) in [5, 5.41) is -0.00368. The topological polar surface area (TPSA) is 34.9 Å². The van der Waals surface area contributed by atoms with Gasteiger partial charge in [-0.2, -0.15) is 0 Å². The molecule has 0 atom stereocenters. The van der Waals surface area contributed by atoms with Crippen LogP contribution in [0.2, 0.25) is 10.3 Å². The standard InChI is InChI=1S/C11H10Cl2N2O/c1-3-5-8(6-4-2)15-7-9(12)14-10(13)11(15)16/h3-7H,1H2,2H3/b6-4-,8-5+. The summed E-state index contributed by atoms with van der Waals surface area (Å²) >= 11 is 11.4. The average molecular weight is 257 g/mol. The number of aromatic nitrogens is 2. The van der Waals surface area contributed by atoms with Crippen molar-refractivity contribution in [2.24, 2.45) is 0 Å². The Kier molecular flexibility index (Phi) is 4.52. The maximum atomic E-state index is 11.7. The second-order valence-electron chi connectivity index (χ2n) is 2.86. The van der Waals surface area contributed by atoms with Gasteiger partial charge >= 0.3 is 0 Å². The summed E-state index contributed by atoms with van der Waals surface area (Å²) in [6.07, 6.45) is 8.20. The van der Waals surface area contributed by atoms with Crippen LogP contribution in [-0.2, 0) is 0 Å². The summed E-state index contributed by atoms with van der Waals surface area (Å²) in [6.45, 7) is 5.42. The highest BCUT2D eigenvalue weighted by Crippen LogP contribution is 2.11. The third-order valence-corrected chi connectivity index (χ3v) is 2.17. The molecule has 0 radical (unpaired) electrons. The molecule has 0 unspecified atom stereocenters. The van der Waals surface area contributed by atoms with Crippen molar-refractivity contribution >= 4 is 28.9 Å². The highest BCUT2D eigenvalue weighted by atomic mass is 35.5. The first kappa shape index (κ1) is 12.7. The quantitative estimate of drug-likeness (QED) is 0.779. The third-order valence-electron chi connectivity index (χ3n) is 1.74. The van der Waals surface area contributed by atoms with E-state index in [4.69, 9.17) is 23.2 Å². The van der Waals surface area contributed by atoms with Crippen LogP contribution in [-0.4, -0.2) is 9.55 Å². The Labute approximate surface area is 103 Å². The summed E-state index contributed by atoms with van der Waals surface area (Å²) in [6, 6.07) is 0. The molecule has 1 heterocycles. The van der Waals surface area contributed by atoms with Gasteiger partial charge in [0.15, 0.2) is 5.15 Å². The minimum atomic E-state index is -0.419. The lowest BCUT2D eigenvalue weighted by atomic mass is 10.3. The Balaban J connectivity index is 3.47. The van der Waals surface area contributed by atoms with Gasteiger partial charge in [0.2, 0.25) is 0 Å². The van der Waals surface area contributed by atoms with Crippen LogP contribution >= 0.6 is 23.2 Å². The van der Waals surface area contributed by atoms with Gasteiger partial charge < -0.3 is 0 Å². The Morgan fingerprint density at radius 3 is 2.81 bits per heavy atom. The normalized spacial score (nSPS) is 12.1. The molecule has 3 nitrogen and oxygen atoms in total. The molecule has 5 heteroatoms. The van der Waals surface area contributed by atoms with Crippen LogP contribution in [0.1, 0.15) is 6.92 Å². The molecule has 0 bridgehead atoms. The largest absolute Gasteiger partial charge is 0.292 e. The van der Waals surface area contributed by atoms with Crippen molar-refractivity contribution < 1.29 is 0 Å². The summed E-state index contributed by atoms with van der Waals surface area (Å²) in [7, 11) is 0. The van der Waals surface area contributed by atoms with Crippen molar-refractivity contribution in [1.82, 2.24) is 9.55 Å². The lowest BCUT2D eigenvalue weighted by molar-refractivity contribution is 0.987. The van der Waals surface area contributed by atoms with E-state index in [1.54, 1.807) is 24.3 Å². The van der Waals surface area contributed by atoms with E-state index in [1.807, 2.05) is 6.92 Å². The number of hydrogen-bond donors (Lipinski definition) is 0. The highest BCUT2D eigenvalue weighted by molar-refractivity contribution is 6.32. The van der Waals surface area contributed by atoms with Gasteiger partial charge in [-0.1, -0.05) is 41.9 Å². The number of rotatable bonds is 3. The van der Waals surface area contributed by atoms with Crippen molar-refractivity contribution in [3.63, 3.8) is 0 Å². The lowest BCUT2D eigenvalue weighted by Gasteiger charge is -2.06. The second-order valence-corrected chi connectivity index (χ2v) is 3.60. The predicted octanol–water partition coefficient (Wildman–Crippen LogP) is 3.15. The minimum Gasteiger partial charge on any atom is -0.279 e. The van der Waals surface area contributed by atoms with E-state index in [2.05, 4.69) is 11.6 Å². The zero-order valence-corrected chi connectivity index (χ0v) is 10.2. The molecule has 0 amide bonds. The van der Waals surface area contributed by atoms with Crippen molar-refractivity contribution in [1.29, 1.82) is 0 Å². The summed E-state index contributed by atoms with van der Waals surface area (Å²) < 4.78 is 1.32. The Hall–Kier alpha value is -1.32. The predicted molar refractivity (Wildman–Crippen MR) is 67.8 cm³/mol. The monoisotopic (exact) mass is 256 g/mol. The van der Waals surface area contributed by atoms with Gasteiger partial charge in [-0.3, -0.25) is 9.36 Å². The molecular weight excluding hydrogens is 247 g/mol.